The van der Waals surface area contributed by atoms with Gasteiger partial charge in [-0.15, -0.1) is 0 Å². The number of aliphatic hydroxyl groups is 4. The molecule has 4 aliphatic carbocycles. The lowest BCUT2D eigenvalue weighted by Gasteiger charge is -2.62. The van der Waals surface area contributed by atoms with Crippen molar-refractivity contribution in [1.29, 1.82) is 0 Å². The first-order chi connectivity index (χ1) is 14.5. The van der Waals surface area contributed by atoms with Crippen molar-refractivity contribution in [3.8, 4) is 0 Å². The largest absolute Gasteiger partial charge is 0.393 e. The molecule has 12 atom stereocenters. The predicted molar refractivity (Wildman–Crippen MR) is 123 cm³/mol. The summed E-state index contributed by atoms with van der Waals surface area (Å²) in [6.45, 7) is 11.3. The van der Waals surface area contributed by atoms with Gasteiger partial charge in [0.1, 0.15) is 0 Å². The molecule has 4 N–H and O–H groups in total. The third kappa shape index (κ3) is 3.92. The molecule has 4 saturated carbocycles. The second-order valence-corrected chi connectivity index (χ2v) is 13.0. The number of rotatable bonds is 5. The summed E-state index contributed by atoms with van der Waals surface area (Å²) >= 11 is 0. The lowest BCUT2D eigenvalue weighted by atomic mass is 9.43. The molecule has 0 aromatic rings. The van der Waals surface area contributed by atoms with Gasteiger partial charge in [0.2, 0.25) is 0 Å². The van der Waals surface area contributed by atoms with Gasteiger partial charge in [-0.25, -0.2) is 0 Å². The Morgan fingerprint density at radius 2 is 1.48 bits per heavy atom. The van der Waals surface area contributed by atoms with Crippen LogP contribution in [-0.4, -0.2) is 44.8 Å². The molecular formula is C27H48O4. The summed E-state index contributed by atoms with van der Waals surface area (Å²) in [7, 11) is 0. The van der Waals surface area contributed by atoms with E-state index >= 15 is 0 Å². The summed E-state index contributed by atoms with van der Waals surface area (Å²) in [6.07, 6.45) is 7.36. The third-order valence-electron chi connectivity index (χ3n) is 11.1. The highest BCUT2D eigenvalue weighted by Crippen LogP contribution is 2.68. The molecule has 31 heavy (non-hydrogen) atoms. The van der Waals surface area contributed by atoms with Gasteiger partial charge in [-0.3, -0.25) is 0 Å². The van der Waals surface area contributed by atoms with Gasteiger partial charge in [0, 0.05) is 0 Å². The zero-order valence-electron chi connectivity index (χ0n) is 20.5. The van der Waals surface area contributed by atoms with Crippen molar-refractivity contribution in [2.24, 2.45) is 52.3 Å². The molecule has 0 spiro atoms. The smallest absolute Gasteiger partial charge is 0.0579 e. The molecule has 180 valence electrons. The van der Waals surface area contributed by atoms with Gasteiger partial charge >= 0.3 is 0 Å². The van der Waals surface area contributed by atoms with Crippen LogP contribution in [0.3, 0.4) is 0 Å². The zero-order valence-corrected chi connectivity index (χ0v) is 20.5. The molecule has 4 fully saturated rings. The standard InChI is InChI=1S/C27H48O4/c1-15(2)22(29)7-6-16(3)20-14-24(31)25-18-13-23(30)21-12-17(28)8-10-26(21,4)19(18)9-11-27(20,25)5/h15-25,28-31H,6-14H2,1-5H3/t16?,17-,18+,19?,20?,21?,22?,23+,24+,25?,26+,27+/m0/s1. The maximum absolute atomic E-state index is 11.4. The quantitative estimate of drug-likeness (QED) is 0.515. The Morgan fingerprint density at radius 3 is 2.16 bits per heavy atom. The lowest BCUT2D eigenvalue weighted by molar-refractivity contribution is -0.181. The van der Waals surface area contributed by atoms with Crippen LogP contribution in [-0.2, 0) is 0 Å². The highest BCUT2D eigenvalue weighted by Gasteiger charge is 2.64. The number of fused-ring (bicyclic) bond motifs is 5. The topological polar surface area (TPSA) is 80.9 Å². The molecule has 0 bridgehead atoms. The van der Waals surface area contributed by atoms with Crippen molar-refractivity contribution >= 4 is 0 Å². The van der Waals surface area contributed by atoms with Crippen molar-refractivity contribution in [2.45, 2.75) is 117 Å². The number of hydrogen-bond donors (Lipinski definition) is 4. The molecule has 0 aromatic carbocycles. The highest BCUT2D eigenvalue weighted by molar-refractivity contribution is 5.13. The molecule has 0 heterocycles. The lowest BCUT2D eigenvalue weighted by Crippen LogP contribution is -2.59. The molecule has 0 amide bonds. The second-order valence-electron chi connectivity index (χ2n) is 13.0. The van der Waals surface area contributed by atoms with Crippen molar-refractivity contribution in [3.05, 3.63) is 0 Å². The van der Waals surface area contributed by atoms with E-state index < -0.39 is 0 Å². The molecule has 6 unspecified atom stereocenters. The molecule has 0 aromatic heterocycles. The average molecular weight is 437 g/mol. The Morgan fingerprint density at radius 1 is 0.806 bits per heavy atom. The van der Waals surface area contributed by atoms with Gasteiger partial charge in [0.05, 0.1) is 24.4 Å². The maximum Gasteiger partial charge on any atom is 0.0579 e. The van der Waals surface area contributed by atoms with Gasteiger partial charge in [0.25, 0.3) is 0 Å². The van der Waals surface area contributed by atoms with Crippen LogP contribution < -0.4 is 0 Å². The van der Waals surface area contributed by atoms with Crippen LogP contribution in [0.2, 0.25) is 0 Å². The molecule has 4 heteroatoms. The molecule has 0 radical (unpaired) electrons. The van der Waals surface area contributed by atoms with Crippen LogP contribution in [0.15, 0.2) is 0 Å². The summed E-state index contributed by atoms with van der Waals surface area (Å²) in [5, 5.41) is 43.1. The Balaban J connectivity index is 1.54. The summed E-state index contributed by atoms with van der Waals surface area (Å²) in [5.41, 5.74) is 0.216. The minimum atomic E-state index is -0.353. The molecule has 4 nitrogen and oxygen atoms in total. The SMILES string of the molecule is CC(C)C(O)CCC(C)C1C[C@@H](O)C2[C@@H]3C[C@@H](O)C4C[C@@H](O)CC[C@]4(C)C3CC[C@]12C. The maximum atomic E-state index is 11.4. The van der Waals surface area contributed by atoms with Gasteiger partial charge in [0.15, 0.2) is 0 Å². The Labute approximate surface area is 189 Å². The molecule has 0 saturated heterocycles. The van der Waals surface area contributed by atoms with Crippen LogP contribution in [0.5, 0.6) is 0 Å². The fraction of sp³-hybridized carbons (Fsp3) is 1.00. The Kier molecular flexibility index (Phi) is 6.62. The van der Waals surface area contributed by atoms with Gasteiger partial charge in [-0.1, -0.05) is 34.6 Å². The van der Waals surface area contributed by atoms with Crippen LogP contribution in [0.25, 0.3) is 0 Å². The van der Waals surface area contributed by atoms with Crippen molar-refractivity contribution in [1.82, 2.24) is 0 Å². The van der Waals surface area contributed by atoms with E-state index in [0.717, 1.165) is 44.9 Å². The highest BCUT2D eigenvalue weighted by atomic mass is 16.3. The molecule has 4 rings (SSSR count). The van der Waals surface area contributed by atoms with Gasteiger partial charge in [-0.05, 0) is 110 Å². The van der Waals surface area contributed by atoms with Crippen LogP contribution in [0.1, 0.15) is 92.4 Å². The Bertz CT molecular complexity index is 637. The average Bonchev–Trinajstić information content (AvgIpc) is 2.98. The fourth-order valence-corrected chi connectivity index (χ4v) is 9.24. The van der Waals surface area contributed by atoms with E-state index in [-0.39, 0.29) is 47.1 Å². The van der Waals surface area contributed by atoms with E-state index in [4.69, 9.17) is 0 Å². The van der Waals surface area contributed by atoms with Crippen LogP contribution in [0, 0.1) is 52.3 Å². The molecule has 0 aliphatic heterocycles. The normalized spacial score (nSPS) is 51.7. The second kappa shape index (κ2) is 8.56. The molecule has 4 aliphatic rings. The zero-order chi connectivity index (χ0) is 22.7. The summed E-state index contributed by atoms with van der Waals surface area (Å²) in [5.74, 6) is 2.70. The first kappa shape index (κ1) is 24.0. The predicted octanol–water partition coefficient (Wildman–Crippen LogP) is 4.38. The summed E-state index contributed by atoms with van der Waals surface area (Å²) in [4.78, 5) is 0. The van der Waals surface area contributed by atoms with Crippen molar-refractivity contribution < 1.29 is 20.4 Å². The first-order valence-electron chi connectivity index (χ1n) is 13.2. The van der Waals surface area contributed by atoms with Crippen molar-refractivity contribution in [3.63, 3.8) is 0 Å². The third-order valence-corrected chi connectivity index (χ3v) is 11.1. The fourth-order valence-electron chi connectivity index (χ4n) is 9.24. The minimum absolute atomic E-state index is 0.0910. The molecular weight excluding hydrogens is 388 g/mol. The van der Waals surface area contributed by atoms with Crippen molar-refractivity contribution in [2.75, 3.05) is 0 Å². The van der Waals surface area contributed by atoms with E-state index in [2.05, 4.69) is 34.6 Å². The first-order valence-corrected chi connectivity index (χ1v) is 13.2. The van der Waals surface area contributed by atoms with E-state index in [1.54, 1.807) is 0 Å². The van der Waals surface area contributed by atoms with Gasteiger partial charge in [-0.2, -0.15) is 0 Å². The van der Waals surface area contributed by atoms with E-state index in [1.165, 1.54) is 12.8 Å². The van der Waals surface area contributed by atoms with Crippen LogP contribution in [0.4, 0.5) is 0 Å². The summed E-state index contributed by atoms with van der Waals surface area (Å²) in [6, 6.07) is 0. The minimum Gasteiger partial charge on any atom is -0.393 e. The van der Waals surface area contributed by atoms with Crippen LogP contribution >= 0.6 is 0 Å². The number of aliphatic hydroxyl groups excluding tert-OH is 4. The number of hydrogen-bond acceptors (Lipinski definition) is 4. The Hall–Kier alpha value is -0.160. The monoisotopic (exact) mass is 436 g/mol. The van der Waals surface area contributed by atoms with Gasteiger partial charge < -0.3 is 20.4 Å². The van der Waals surface area contributed by atoms with E-state index in [9.17, 15) is 20.4 Å². The van der Waals surface area contributed by atoms with E-state index in [0.29, 0.717) is 29.6 Å². The summed E-state index contributed by atoms with van der Waals surface area (Å²) < 4.78 is 0. The van der Waals surface area contributed by atoms with E-state index in [1.807, 2.05) is 0 Å².